The molecule has 0 aliphatic carbocycles. The fourth-order valence-electron chi connectivity index (χ4n) is 2.23. The molecule has 1 aliphatic heterocycles. The van der Waals surface area contributed by atoms with Crippen LogP contribution in [-0.4, -0.2) is 34.3 Å². The Morgan fingerprint density at radius 2 is 1.90 bits per heavy atom. The Balaban J connectivity index is 1.88. The minimum Gasteiger partial charge on any atom is -0.423 e. The zero-order chi connectivity index (χ0) is 14.7. The van der Waals surface area contributed by atoms with Gasteiger partial charge in [-0.05, 0) is 42.8 Å². The summed E-state index contributed by atoms with van der Waals surface area (Å²) in [5.74, 6) is 1.31. The Bertz CT molecular complexity index is 634. The summed E-state index contributed by atoms with van der Waals surface area (Å²) in [6.45, 7) is 1.89. The van der Waals surface area contributed by atoms with Crippen LogP contribution in [0.3, 0.4) is 0 Å². The molecule has 0 bridgehead atoms. The molecule has 3 rings (SSSR count). The highest BCUT2D eigenvalue weighted by atomic mass is 35.5. The van der Waals surface area contributed by atoms with Crippen molar-refractivity contribution in [1.29, 1.82) is 0 Å². The predicted octanol–water partition coefficient (Wildman–Crippen LogP) is 3.64. The molecule has 5 nitrogen and oxygen atoms in total. The van der Waals surface area contributed by atoms with E-state index in [9.17, 15) is 0 Å². The molecule has 21 heavy (non-hydrogen) atoms. The Hall–Kier alpha value is -1.53. The monoisotopic (exact) mass is 322 g/mol. The van der Waals surface area contributed by atoms with E-state index < -0.39 is 0 Å². The van der Waals surface area contributed by atoms with Crippen LogP contribution in [0.1, 0.15) is 12.8 Å². The smallest absolute Gasteiger partial charge is 0.328 e. The third kappa shape index (κ3) is 3.39. The van der Waals surface area contributed by atoms with Crippen molar-refractivity contribution < 1.29 is 4.74 Å². The maximum absolute atomic E-state index is 5.99. The molecule has 1 aromatic carbocycles. The topological polar surface area (TPSA) is 51.1 Å². The van der Waals surface area contributed by atoms with Crippen LogP contribution in [0.2, 0.25) is 5.28 Å². The van der Waals surface area contributed by atoms with Gasteiger partial charge in [0.2, 0.25) is 11.2 Å². The Kier molecular flexibility index (Phi) is 4.45. The first-order chi connectivity index (χ1) is 10.3. The molecule has 110 valence electrons. The normalized spacial score (nSPS) is 14.5. The maximum Gasteiger partial charge on any atom is 0.328 e. The molecule has 0 N–H and O–H groups in total. The third-order valence-corrected chi connectivity index (χ3v) is 4.18. The van der Waals surface area contributed by atoms with E-state index >= 15 is 0 Å². The second kappa shape index (κ2) is 6.49. The SMILES string of the molecule is CSc1ccccc1Oc1nc(Cl)nc(N2CCCC2)n1. The Morgan fingerprint density at radius 1 is 1.14 bits per heavy atom. The highest BCUT2D eigenvalue weighted by molar-refractivity contribution is 7.98. The first kappa shape index (κ1) is 14.4. The van der Waals surface area contributed by atoms with E-state index in [4.69, 9.17) is 16.3 Å². The summed E-state index contributed by atoms with van der Waals surface area (Å²) in [7, 11) is 0. The summed E-state index contributed by atoms with van der Waals surface area (Å²) in [4.78, 5) is 15.7. The minimum absolute atomic E-state index is 0.156. The number of ether oxygens (including phenoxy) is 1. The van der Waals surface area contributed by atoms with Crippen LogP contribution in [0.4, 0.5) is 5.95 Å². The van der Waals surface area contributed by atoms with Gasteiger partial charge in [-0.15, -0.1) is 11.8 Å². The van der Waals surface area contributed by atoms with Gasteiger partial charge in [-0.3, -0.25) is 0 Å². The number of aromatic nitrogens is 3. The van der Waals surface area contributed by atoms with Crippen molar-refractivity contribution in [2.45, 2.75) is 17.7 Å². The number of hydrogen-bond donors (Lipinski definition) is 0. The van der Waals surface area contributed by atoms with Gasteiger partial charge in [0.05, 0.1) is 0 Å². The van der Waals surface area contributed by atoms with Crippen LogP contribution >= 0.6 is 23.4 Å². The molecule has 0 unspecified atom stereocenters. The van der Waals surface area contributed by atoms with Gasteiger partial charge >= 0.3 is 6.01 Å². The third-order valence-electron chi connectivity index (χ3n) is 3.24. The van der Waals surface area contributed by atoms with Crippen molar-refractivity contribution in [3.8, 4) is 11.8 Å². The van der Waals surface area contributed by atoms with Crippen LogP contribution in [0.5, 0.6) is 11.8 Å². The van der Waals surface area contributed by atoms with Crippen LogP contribution in [-0.2, 0) is 0 Å². The Morgan fingerprint density at radius 3 is 2.67 bits per heavy atom. The van der Waals surface area contributed by atoms with Crippen molar-refractivity contribution in [2.75, 3.05) is 24.2 Å². The van der Waals surface area contributed by atoms with E-state index in [1.54, 1.807) is 11.8 Å². The number of anilines is 1. The van der Waals surface area contributed by atoms with Crippen LogP contribution < -0.4 is 9.64 Å². The molecule has 0 atom stereocenters. The molecule has 1 saturated heterocycles. The quantitative estimate of drug-likeness (QED) is 0.801. The summed E-state index contributed by atoms with van der Waals surface area (Å²) in [6.07, 6.45) is 4.29. The second-order valence-electron chi connectivity index (χ2n) is 4.63. The summed E-state index contributed by atoms with van der Waals surface area (Å²) in [6, 6.07) is 8.00. The van der Waals surface area contributed by atoms with Crippen molar-refractivity contribution in [2.24, 2.45) is 0 Å². The molecular formula is C14H15ClN4OS. The molecule has 0 spiro atoms. The number of hydrogen-bond acceptors (Lipinski definition) is 6. The van der Waals surface area contributed by atoms with Gasteiger partial charge in [-0.1, -0.05) is 12.1 Å². The maximum atomic E-state index is 5.99. The van der Waals surface area contributed by atoms with E-state index in [1.807, 2.05) is 30.5 Å². The summed E-state index contributed by atoms with van der Waals surface area (Å²) >= 11 is 7.60. The highest BCUT2D eigenvalue weighted by Crippen LogP contribution is 2.30. The lowest BCUT2D eigenvalue weighted by Gasteiger charge is -2.15. The number of thioether (sulfide) groups is 1. The van der Waals surface area contributed by atoms with Gasteiger partial charge < -0.3 is 9.64 Å². The number of rotatable bonds is 4. The van der Waals surface area contributed by atoms with Gasteiger partial charge in [-0.25, -0.2) is 0 Å². The van der Waals surface area contributed by atoms with E-state index in [0.717, 1.165) is 36.6 Å². The fourth-order valence-corrected chi connectivity index (χ4v) is 2.90. The van der Waals surface area contributed by atoms with Crippen molar-refractivity contribution in [3.05, 3.63) is 29.5 Å². The lowest BCUT2D eigenvalue weighted by Crippen LogP contribution is -2.21. The molecule has 1 aliphatic rings. The van der Waals surface area contributed by atoms with Gasteiger partial charge in [0.15, 0.2) is 0 Å². The molecule has 0 amide bonds. The number of halogens is 1. The first-order valence-corrected chi connectivity index (χ1v) is 8.34. The van der Waals surface area contributed by atoms with E-state index in [1.165, 1.54) is 0 Å². The number of para-hydroxylation sites is 1. The van der Waals surface area contributed by atoms with Gasteiger partial charge in [-0.2, -0.15) is 15.0 Å². The summed E-state index contributed by atoms with van der Waals surface area (Å²) in [5.41, 5.74) is 0. The molecule has 0 radical (unpaired) electrons. The molecule has 1 fully saturated rings. The highest BCUT2D eigenvalue weighted by Gasteiger charge is 2.18. The molecule has 1 aromatic heterocycles. The fraction of sp³-hybridized carbons (Fsp3) is 0.357. The first-order valence-electron chi connectivity index (χ1n) is 6.73. The Labute approximate surface area is 132 Å². The van der Waals surface area contributed by atoms with Gasteiger partial charge in [0.1, 0.15) is 5.75 Å². The summed E-state index contributed by atoms with van der Waals surface area (Å²) < 4.78 is 5.79. The van der Waals surface area contributed by atoms with Crippen molar-refractivity contribution in [3.63, 3.8) is 0 Å². The zero-order valence-electron chi connectivity index (χ0n) is 11.6. The van der Waals surface area contributed by atoms with Crippen LogP contribution in [0.25, 0.3) is 0 Å². The molecule has 2 heterocycles. The summed E-state index contributed by atoms with van der Waals surface area (Å²) in [5, 5.41) is 0.156. The van der Waals surface area contributed by atoms with Crippen LogP contribution in [0, 0.1) is 0 Å². The van der Waals surface area contributed by atoms with E-state index in [2.05, 4.69) is 19.9 Å². The molecule has 0 saturated carbocycles. The van der Waals surface area contributed by atoms with Crippen LogP contribution in [0.15, 0.2) is 29.2 Å². The van der Waals surface area contributed by atoms with Crippen molar-refractivity contribution in [1.82, 2.24) is 15.0 Å². The predicted molar refractivity (Wildman–Crippen MR) is 84.6 cm³/mol. The molecule has 7 heteroatoms. The number of nitrogens with zero attached hydrogens (tertiary/aromatic N) is 4. The average molecular weight is 323 g/mol. The van der Waals surface area contributed by atoms with Crippen molar-refractivity contribution >= 4 is 29.3 Å². The molecular weight excluding hydrogens is 308 g/mol. The lowest BCUT2D eigenvalue weighted by molar-refractivity contribution is 0.429. The lowest BCUT2D eigenvalue weighted by atomic mass is 10.3. The molecule has 2 aromatic rings. The average Bonchev–Trinajstić information content (AvgIpc) is 3.01. The van der Waals surface area contributed by atoms with E-state index in [-0.39, 0.29) is 11.3 Å². The second-order valence-corrected chi connectivity index (χ2v) is 5.82. The van der Waals surface area contributed by atoms with Gasteiger partial charge in [0, 0.05) is 18.0 Å². The van der Waals surface area contributed by atoms with Gasteiger partial charge in [0.25, 0.3) is 0 Å². The minimum atomic E-state index is 0.156. The largest absolute Gasteiger partial charge is 0.423 e. The van der Waals surface area contributed by atoms with E-state index in [0.29, 0.717) is 5.95 Å². The standard InChI is InChI=1S/C14H15ClN4OS/c1-21-11-7-3-2-6-10(11)20-14-17-12(15)16-13(18-14)19-8-4-5-9-19/h2-3,6-7H,4-5,8-9H2,1H3. The zero-order valence-corrected chi connectivity index (χ0v) is 13.2. The number of benzene rings is 1.